The van der Waals surface area contributed by atoms with Crippen LogP contribution >= 0.6 is 11.3 Å². The Morgan fingerprint density at radius 3 is 2.67 bits per heavy atom. The van der Waals surface area contributed by atoms with E-state index >= 15 is 0 Å². The second-order valence-electron chi connectivity index (χ2n) is 7.05. The zero-order chi connectivity index (χ0) is 21.1. The van der Waals surface area contributed by atoms with Crippen LogP contribution in [0.5, 0.6) is 17.2 Å². The first-order chi connectivity index (χ1) is 14.6. The van der Waals surface area contributed by atoms with Gasteiger partial charge in [0.1, 0.15) is 5.75 Å². The Hall–Kier alpha value is -3.06. The van der Waals surface area contributed by atoms with E-state index in [4.69, 9.17) is 14.2 Å². The molecule has 1 amide bonds. The third kappa shape index (κ3) is 3.85. The first kappa shape index (κ1) is 20.2. The van der Waals surface area contributed by atoms with E-state index in [1.54, 1.807) is 57.0 Å². The van der Waals surface area contributed by atoms with Gasteiger partial charge in [-0.1, -0.05) is 6.07 Å². The minimum absolute atomic E-state index is 0.0577. The van der Waals surface area contributed by atoms with Gasteiger partial charge in [-0.15, -0.1) is 11.3 Å². The number of carbonyl (C=O) groups is 1. The Morgan fingerprint density at radius 1 is 1.20 bits per heavy atom. The normalized spacial score (nSPS) is 16.5. The molecule has 6 nitrogen and oxygen atoms in total. The maximum absolute atomic E-state index is 13.4. The Kier molecular flexibility index (Phi) is 5.90. The van der Waals surface area contributed by atoms with E-state index in [0.29, 0.717) is 23.8 Å². The number of carbonyl (C=O) groups excluding carboxylic acids is 1. The zero-order valence-corrected chi connectivity index (χ0v) is 18.0. The fourth-order valence-corrected chi connectivity index (χ4v) is 4.70. The van der Waals surface area contributed by atoms with Gasteiger partial charge in [-0.2, -0.15) is 0 Å². The molecular formula is C23H24N2O4S. The number of thiophene rings is 1. The second-order valence-corrected chi connectivity index (χ2v) is 8.03. The first-order valence-electron chi connectivity index (χ1n) is 9.77. The van der Waals surface area contributed by atoms with Crippen molar-refractivity contribution < 1.29 is 19.0 Å². The lowest BCUT2D eigenvalue weighted by molar-refractivity contribution is -0.140. The number of nitrogens with zero attached hydrogens (tertiary/aromatic N) is 2. The van der Waals surface area contributed by atoms with Gasteiger partial charge in [0.05, 0.1) is 26.5 Å². The maximum atomic E-state index is 13.4. The minimum atomic E-state index is -0.627. The van der Waals surface area contributed by atoms with Gasteiger partial charge in [0.2, 0.25) is 0 Å². The predicted octanol–water partition coefficient (Wildman–Crippen LogP) is 4.10. The molecule has 156 valence electrons. The monoisotopic (exact) mass is 424 g/mol. The van der Waals surface area contributed by atoms with Crippen molar-refractivity contribution in [1.82, 2.24) is 9.88 Å². The molecule has 4 rings (SSSR count). The lowest BCUT2D eigenvalue weighted by Crippen LogP contribution is -2.46. The number of aromatic nitrogens is 1. The van der Waals surface area contributed by atoms with Crippen molar-refractivity contribution in [3.8, 4) is 17.2 Å². The highest BCUT2D eigenvalue weighted by Gasteiger charge is 2.36. The Morgan fingerprint density at radius 2 is 2.00 bits per heavy atom. The molecule has 2 aromatic heterocycles. The molecule has 30 heavy (non-hydrogen) atoms. The van der Waals surface area contributed by atoms with Crippen molar-refractivity contribution in [2.45, 2.75) is 25.5 Å². The lowest BCUT2D eigenvalue weighted by Gasteiger charge is -2.38. The fraction of sp³-hybridized carbons (Fsp3) is 0.304. The smallest absolute Gasteiger partial charge is 0.264 e. The molecule has 2 atom stereocenters. The van der Waals surface area contributed by atoms with Gasteiger partial charge in [0.15, 0.2) is 17.6 Å². The standard InChI is InChI=1S/C23H24N2O4S/c1-15(29-17-6-4-9-24-14-17)23(26)25-10-8-16-12-19(27-2)20(28-3)13-18(16)22(25)21-7-5-11-30-21/h4-7,9,11-15,22H,8,10H2,1-3H3/t15-,22+/m1/s1. The van der Waals surface area contributed by atoms with Gasteiger partial charge in [-0.3, -0.25) is 9.78 Å². The van der Waals surface area contributed by atoms with E-state index in [1.165, 1.54) is 0 Å². The van der Waals surface area contributed by atoms with Crippen molar-refractivity contribution in [3.05, 3.63) is 70.2 Å². The molecule has 0 N–H and O–H groups in total. The number of pyridine rings is 1. The summed E-state index contributed by atoms with van der Waals surface area (Å²) in [6, 6.07) is 11.5. The molecule has 0 saturated carbocycles. The van der Waals surface area contributed by atoms with Crippen LogP contribution in [0, 0.1) is 0 Å². The zero-order valence-electron chi connectivity index (χ0n) is 17.2. The molecule has 0 aliphatic carbocycles. The molecule has 1 aromatic carbocycles. The number of ether oxygens (including phenoxy) is 3. The maximum Gasteiger partial charge on any atom is 0.264 e. The topological polar surface area (TPSA) is 60.9 Å². The third-order valence-corrected chi connectivity index (χ3v) is 6.19. The molecule has 0 bridgehead atoms. The van der Waals surface area contributed by atoms with Gasteiger partial charge in [0.25, 0.3) is 5.91 Å². The van der Waals surface area contributed by atoms with Gasteiger partial charge < -0.3 is 19.1 Å². The highest BCUT2D eigenvalue weighted by atomic mass is 32.1. The summed E-state index contributed by atoms with van der Waals surface area (Å²) in [7, 11) is 3.26. The van der Waals surface area contributed by atoms with Crippen molar-refractivity contribution >= 4 is 17.2 Å². The van der Waals surface area contributed by atoms with Gasteiger partial charge in [-0.25, -0.2) is 0 Å². The van der Waals surface area contributed by atoms with E-state index in [0.717, 1.165) is 22.4 Å². The predicted molar refractivity (Wildman–Crippen MR) is 115 cm³/mol. The molecule has 7 heteroatoms. The summed E-state index contributed by atoms with van der Waals surface area (Å²) in [5.41, 5.74) is 2.22. The molecular weight excluding hydrogens is 400 g/mol. The number of methoxy groups -OCH3 is 2. The van der Waals surface area contributed by atoms with Crippen LogP contribution in [0.4, 0.5) is 0 Å². The van der Waals surface area contributed by atoms with Crippen molar-refractivity contribution in [2.24, 2.45) is 0 Å². The molecule has 3 aromatic rings. The van der Waals surface area contributed by atoms with E-state index in [-0.39, 0.29) is 11.9 Å². The quantitative estimate of drug-likeness (QED) is 0.596. The highest BCUT2D eigenvalue weighted by Crippen LogP contribution is 2.42. The van der Waals surface area contributed by atoms with E-state index in [2.05, 4.69) is 11.1 Å². The Bertz CT molecular complexity index is 1010. The summed E-state index contributed by atoms with van der Waals surface area (Å²) >= 11 is 1.64. The third-order valence-electron chi connectivity index (χ3n) is 5.26. The van der Waals surface area contributed by atoms with Crippen LogP contribution in [0.3, 0.4) is 0 Å². The molecule has 3 heterocycles. The second kappa shape index (κ2) is 8.75. The van der Waals surface area contributed by atoms with Crippen LogP contribution in [-0.4, -0.2) is 42.7 Å². The SMILES string of the molecule is COc1cc2c(cc1OC)[C@@H](c1cccs1)N(C(=O)[C@@H](C)Oc1cccnc1)CC2. The van der Waals surface area contributed by atoms with Crippen LogP contribution in [0.1, 0.15) is 29.0 Å². The van der Waals surface area contributed by atoms with Gasteiger partial charge >= 0.3 is 0 Å². The summed E-state index contributed by atoms with van der Waals surface area (Å²) in [5.74, 6) is 1.88. The Balaban J connectivity index is 1.69. The molecule has 0 radical (unpaired) electrons. The van der Waals surface area contributed by atoms with Crippen molar-refractivity contribution in [3.63, 3.8) is 0 Å². The number of amides is 1. The van der Waals surface area contributed by atoms with Crippen LogP contribution < -0.4 is 14.2 Å². The van der Waals surface area contributed by atoms with Crippen molar-refractivity contribution in [2.75, 3.05) is 20.8 Å². The Labute approximate surface area is 180 Å². The van der Waals surface area contributed by atoms with Gasteiger partial charge in [0, 0.05) is 17.6 Å². The highest BCUT2D eigenvalue weighted by molar-refractivity contribution is 7.10. The summed E-state index contributed by atoms with van der Waals surface area (Å²) < 4.78 is 16.9. The summed E-state index contributed by atoms with van der Waals surface area (Å²) in [6.07, 6.45) is 3.40. The fourth-order valence-electron chi connectivity index (χ4n) is 3.84. The molecule has 1 aliphatic rings. The van der Waals surface area contributed by atoms with E-state index < -0.39 is 6.10 Å². The summed E-state index contributed by atoms with van der Waals surface area (Å²) in [6.45, 7) is 2.38. The molecule has 0 unspecified atom stereocenters. The molecule has 1 aliphatic heterocycles. The van der Waals surface area contributed by atoms with E-state index in [1.807, 2.05) is 28.5 Å². The minimum Gasteiger partial charge on any atom is -0.493 e. The van der Waals surface area contributed by atoms with Crippen LogP contribution in [0.25, 0.3) is 0 Å². The summed E-state index contributed by atoms with van der Waals surface area (Å²) in [5, 5.41) is 2.03. The number of hydrogen-bond donors (Lipinski definition) is 0. The average molecular weight is 425 g/mol. The summed E-state index contributed by atoms with van der Waals surface area (Å²) in [4.78, 5) is 20.5. The number of fused-ring (bicyclic) bond motifs is 1. The van der Waals surface area contributed by atoms with Crippen LogP contribution in [-0.2, 0) is 11.2 Å². The lowest BCUT2D eigenvalue weighted by atomic mass is 9.90. The number of rotatable bonds is 6. The van der Waals surface area contributed by atoms with Gasteiger partial charge in [-0.05, 0) is 60.2 Å². The van der Waals surface area contributed by atoms with Crippen LogP contribution in [0.2, 0.25) is 0 Å². The number of benzene rings is 1. The number of hydrogen-bond acceptors (Lipinski definition) is 6. The first-order valence-corrected chi connectivity index (χ1v) is 10.7. The van der Waals surface area contributed by atoms with E-state index in [9.17, 15) is 4.79 Å². The van der Waals surface area contributed by atoms with Crippen molar-refractivity contribution in [1.29, 1.82) is 0 Å². The largest absolute Gasteiger partial charge is 0.493 e. The molecule has 0 fully saturated rings. The molecule has 0 spiro atoms. The molecule has 0 saturated heterocycles. The van der Waals surface area contributed by atoms with Crippen LogP contribution in [0.15, 0.2) is 54.2 Å². The average Bonchev–Trinajstić information content (AvgIpc) is 3.31.